The number of hydrogen-bond acceptors (Lipinski definition) is 5. The van der Waals surface area contributed by atoms with Crippen molar-refractivity contribution in [3.63, 3.8) is 0 Å². The molecule has 2 rings (SSSR count). The number of furan rings is 1. The fraction of sp³-hybridized carbons (Fsp3) is 0.308. The number of rotatable bonds is 5. The number of amides is 1. The number of primary amides is 1. The molecular formula is C13H17N5O2S. The molecule has 0 aliphatic heterocycles. The molecule has 0 saturated carbocycles. The van der Waals surface area contributed by atoms with Crippen molar-refractivity contribution in [2.75, 3.05) is 7.05 Å². The van der Waals surface area contributed by atoms with Crippen molar-refractivity contribution >= 4 is 23.2 Å². The molecule has 0 aliphatic rings. The molecule has 0 atom stereocenters. The van der Waals surface area contributed by atoms with E-state index in [-0.39, 0.29) is 5.76 Å². The standard InChI is InChI=1S/C13H17N5O2S/c1-8-5-16-11(21-8)7-18-13(15-2)17-6-9-3-4-10(20-9)12(14)19/h3-5H,6-7H2,1-2H3,(H2,14,19)(H2,15,17,18). The van der Waals surface area contributed by atoms with Gasteiger partial charge in [-0.2, -0.15) is 0 Å². The van der Waals surface area contributed by atoms with E-state index in [0.717, 1.165) is 5.01 Å². The van der Waals surface area contributed by atoms with Gasteiger partial charge in [-0.15, -0.1) is 11.3 Å². The van der Waals surface area contributed by atoms with Crippen LogP contribution in [0.25, 0.3) is 0 Å². The van der Waals surface area contributed by atoms with E-state index < -0.39 is 5.91 Å². The Morgan fingerprint density at radius 3 is 2.76 bits per heavy atom. The number of guanidine groups is 1. The van der Waals surface area contributed by atoms with Crippen LogP contribution in [-0.4, -0.2) is 23.9 Å². The Labute approximate surface area is 126 Å². The van der Waals surface area contributed by atoms with Crippen molar-refractivity contribution in [1.29, 1.82) is 0 Å². The van der Waals surface area contributed by atoms with Crippen molar-refractivity contribution < 1.29 is 9.21 Å². The molecule has 1 amide bonds. The predicted octanol–water partition coefficient (Wildman–Crippen LogP) is 1.01. The summed E-state index contributed by atoms with van der Waals surface area (Å²) in [6.07, 6.45) is 1.84. The van der Waals surface area contributed by atoms with Gasteiger partial charge in [0, 0.05) is 18.1 Å². The zero-order valence-corrected chi connectivity index (χ0v) is 12.7. The van der Waals surface area contributed by atoms with Gasteiger partial charge in [-0.1, -0.05) is 0 Å². The van der Waals surface area contributed by atoms with Gasteiger partial charge in [-0.3, -0.25) is 9.79 Å². The second-order valence-electron chi connectivity index (χ2n) is 4.27. The lowest BCUT2D eigenvalue weighted by molar-refractivity contribution is 0.0972. The lowest BCUT2D eigenvalue weighted by atomic mass is 10.4. The largest absolute Gasteiger partial charge is 0.454 e. The number of carbonyl (C=O) groups is 1. The molecule has 2 aromatic rings. The Kier molecular flexibility index (Phi) is 4.94. The molecule has 0 radical (unpaired) electrons. The molecule has 0 spiro atoms. The molecule has 0 saturated heterocycles. The number of thiazole rings is 1. The first-order chi connectivity index (χ1) is 10.1. The van der Waals surface area contributed by atoms with Crippen molar-refractivity contribution in [2.45, 2.75) is 20.0 Å². The summed E-state index contributed by atoms with van der Waals surface area (Å²) < 4.78 is 5.28. The Hall–Kier alpha value is -2.35. The Bertz CT molecular complexity index is 647. The number of nitrogens with zero attached hydrogens (tertiary/aromatic N) is 2. The summed E-state index contributed by atoms with van der Waals surface area (Å²) in [5, 5.41) is 7.23. The van der Waals surface area contributed by atoms with Crippen LogP contribution in [-0.2, 0) is 13.1 Å². The van der Waals surface area contributed by atoms with Crippen LogP contribution >= 0.6 is 11.3 Å². The first-order valence-corrected chi connectivity index (χ1v) is 7.14. The smallest absolute Gasteiger partial charge is 0.284 e. The van der Waals surface area contributed by atoms with Crippen molar-refractivity contribution in [3.05, 3.63) is 39.7 Å². The highest BCUT2D eigenvalue weighted by molar-refractivity contribution is 7.11. The average molecular weight is 307 g/mol. The number of carbonyl (C=O) groups excluding carboxylic acids is 1. The maximum atomic E-state index is 10.9. The normalized spacial score (nSPS) is 11.4. The number of aromatic nitrogens is 1. The molecule has 0 fully saturated rings. The lowest BCUT2D eigenvalue weighted by Crippen LogP contribution is -2.36. The zero-order valence-electron chi connectivity index (χ0n) is 11.8. The van der Waals surface area contributed by atoms with Crippen LogP contribution in [0.2, 0.25) is 0 Å². The molecule has 7 nitrogen and oxygen atoms in total. The molecule has 21 heavy (non-hydrogen) atoms. The molecule has 0 aliphatic carbocycles. The minimum absolute atomic E-state index is 0.146. The first-order valence-electron chi connectivity index (χ1n) is 6.33. The topological polar surface area (TPSA) is 106 Å². The number of nitrogens with one attached hydrogen (secondary N) is 2. The van der Waals surface area contributed by atoms with Crippen LogP contribution in [0.1, 0.15) is 26.2 Å². The van der Waals surface area contributed by atoms with E-state index in [4.69, 9.17) is 10.2 Å². The fourth-order valence-electron chi connectivity index (χ4n) is 1.64. The zero-order chi connectivity index (χ0) is 15.2. The fourth-order valence-corrected chi connectivity index (χ4v) is 2.37. The summed E-state index contributed by atoms with van der Waals surface area (Å²) in [6.45, 7) is 3.02. The van der Waals surface area contributed by atoms with Crippen LogP contribution in [0.4, 0.5) is 0 Å². The van der Waals surface area contributed by atoms with Gasteiger partial charge < -0.3 is 20.8 Å². The molecule has 0 unspecified atom stereocenters. The van der Waals surface area contributed by atoms with Gasteiger partial charge in [0.15, 0.2) is 11.7 Å². The van der Waals surface area contributed by atoms with Gasteiger partial charge in [-0.05, 0) is 19.1 Å². The van der Waals surface area contributed by atoms with Crippen LogP contribution in [0.5, 0.6) is 0 Å². The van der Waals surface area contributed by atoms with Crippen LogP contribution < -0.4 is 16.4 Å². The second-order valence-corrected chi connectivity index (χ2v) is 5.59. The molecule has 112 valence electrons. The lowest BCUT2D eigenvalue weighted by Gasteiger charge is -2.09. The highest BCUT2D eigenvalue weighted by Crippen LogP contribution is 2.10. The maximum absolute atomic E-state index is 10.9. The first kappa shape index (κ1) is 15.0. The number of aliphatic imine (C=N–C) groups is 1. The Balaban J connectivity index is 1.83. The minimum Gasteiger partial charge on any atom is -0.454 e. The average Bonchev–Trinajstić information content (AvgIpc) is 3.08. The van der Waals surface area contributed by atoms with E-state index in [1.165, 1.54) is 4.88 Å². The molecule has 0 bridgehead atoms. The number of aryl methyl sites for hydroxylation is 1. The Morgan fingerprint density at radius 2 is 2.19 bits per heavy atom. The highest BCUT2D eigenvalue weighted by Gasteiger charge is 2.07. The number of hydrogen-bond donors (Lipinski definition) is 3. The predicted molar refractivity (Wildman–Crippen MR) is 81.1 cm³/mol. The second kappa shape index (κ2) is 6.89. The van der Waals surface area contributed by atoms with Crippen LogP contribution in [0.15, 0.2) is 27.7 Å². The summed E-state index contributed by atoms with van der Waals surface area (Å²) in [5.74, 6) is 0.799. The third kappa shape index (κ3) is 4.32. The Morgan fingerprint density at radius 1 is 1.43 bits per heavy atom. The molecule has 2 aromatic heterocycles. The van der Waals surface area contributed by atoms with Crippen LogP contribution in [0.3, 0.4) is 0 Å². The van der Waals surface area contributed by atoms with Crippen molar-refractivity contribution in [2.24, 2.45) is 10.7 Å². The highest BCUT2D eigenvalue weighted by atomic mass is 32.1. The van der Waals surface area contributed by atoms with E-state index in [9.17, 15) is 4.79 Å². The molecule has 4 N–H and O–H groups in total. The monoisotopic (exact) mass is 307 g/mol. The summed E-state index contributed by atoms with van der Waals surface area (Å²) >= 11 is 1.63. The minimum atomic E-state index is -0.581. The van der Waals surface area contributed by atoms with E-state index >= 15 is 0 Å². The molecule has 2 heterocycles. The van der Waals surface area contributed by atoms with E-state index in [1.54, 1.807) is 30.5 Å². The van der Waals surface area contributed by atoms with Crippen molar-refractivity contribution in [3.8, 4) is 0 Å². The van der Waals surface area contributed by atoms with E-state index in [1.807, 2.05) is 13.1 Å². The maximum Gasteiger partial charge on any atom is 0.284 e. The quantitative estimate of drug-likeness (QED) is 0.564. The van der Waals surface area contributed by atoms with Gasteiger partial charge in [0.25, 0.3) is 5.91 Å². The van der Waals surface area contributed by atoms with Gasteiger partial charge >= 0.3 is 0 Å². The summed E-state index contributed by atoms with van der Waals surface area (Å²) in [7, 11) is 1.68. The molecule has 8 heteroatoms. The van der Waals surface area contributed by atoms with Gasteiger partial charge in [0.05, 0.1) is 13.1 Å². The van der Waals surface area contributed by atoms with Crippen molar-refractivity contribution in [1.82, 2.24) is 15.6 Å². The van der Waals surface area contributed by atoms with Crippen LogP contribution in [0, 0.1) is 6.92 Å². The summed E-state index contributed by atoms with van der Waals surface area (Å²) in [6, 6.07) is 3.25. The van der Waals surface area contributed by atoms with Gasteiger partial charge in [0.2, 0.25) is 0 Å². The SMILES string of the molecule is CN=C(NCc1ccc(C(N)=O)o1)NCc1ncc(C)s1. The molecular weight excluding hydrogens is 290 g/mol. The van der Waals surface area contributed by atoms with E-state index in [0.29, 0.717) is 24.8 Å². The third-order valence-electron chi connectivity index (χ3n) is 2.63. The third-order valence-corrected chi connectivity index (χ3v) is 3.55. The summed E-state index contributed by atoms with van der Waals surface area (Å²) in [4.78, 5) is 20.5. The summed E-state index contributed by atoms with van der Waals surface area (Å²) in [5.41, 5.74) is 5.13. The molecule has 0 aromatic carbocycles. The van der Waals surface area contributed by atoms with E-state index in [2.05, 4.69) is 20.6 Å². The number of nitrogens with two attached hydrogens (primary N) is 1. The van der Waals surface area contributed by atoms with Gasteiger partial charge in [-0.25, -0.2) is 4.98 Å². The van der Waals surface area contributed by atoms with Gasteiger partial charge in [0.1, 0.15) is 10.8 Å².